The molecule has 6 heteroatoms. The van der Waals surface area contributed by atoms with Gasteiger partial charge in [-0.3, -0.25) is 14.4 Å². The molecule has 1 aliphatic rings. The number of anilines is 1. The predicted octanol–water partition coefficient (Wildman–Crippen LogP) is 1.82. The fourth-order valence-corrected chi connectivity index (χ4v) is 3.11. The van der Waals surface area contributed by atoms with Crippen molar-refractivity contribution in [2.45, 2.75) is 12.8 Å². The van der Waals surface area contributed by atoms with Crippen molar-refractivity contribution in [3.8, 4) is 0 Å². The van der Waals surface area contributed by atoms with Gasteiger partial charge in [0.1, 0.15) is 0 Å². The minimum Gasteiger partial charge on any atom is -0.366 e. The van der Waals surface area contributed by atoms with Crippen LogP contribution in [-0.2, 0) is 16.0 Å². The molecule has 134 valence electrons. The topological polar surface area (TPSA) is 92.5 Å². The molecule has 0 radical (unpaired) electrons. The fraction of sp³-hybridized carbons (Fsp3) is 0.250. The molecule has 0 spiro atoms. The minimum absolute atomic E-state index is 0.0238. The summed E-state index contributed by atoms with van der Waals surface area (Å²) in [7, 11) is 0. The zero-order chi connectivity index (χ0) is 18.5. The lowest BCUT2D eigenvalue weighted by molar-refractivity contribution is -0.128. The number of nitrogens with zero attached hydrogens (tertiary/aromatic N) is 1. The molecule has 26 heavy (non-hydrogen) atoms. The number of carbonyl (C=O) groups is 3. The monoisotopic (exact) mass is 351 g/mol. The first-order valence-electron chi connectivity index (χ1n) is 8.56. The highest BCUT2D eigenvalue weighted by atomic mass is 16.2. The van der Waals surface area contributed by atoms with Crippen molar-refractivity contribution in [3.63, 3.8) is 0 Å². The summed E-state index contributed by atoms with van der Waals surface area (Å²) in [5.41, 5.74) is 7.12. The Kier molecular flexibility index (Phi) is 5.31. The summed E-state index contributed by atoms with van der Waals surface area (Å²) in [5.74, 6) is -1.33. The van der Waals surface area contributed by atoms with Crippen LogP contribution < -0.4 is 11.1 Å². The van der Waals surface area contributed by atoms with Gasteiger partial charge in [-0.2, -0.15) is 0 Å². The van der Waals surface area contributed by atoms with E-state index >= 15 is 0 Å². The molecule has 1 atom stereocenters. The summed E-state index contributed by atoms with van der Waals surface area (Å²) in [6, 6.07) is 16.5. The van der Waals surface area contributed by atoms with Crippen LogP contribution >= 0.6 is 0 Å². The number of para-hydroxylation sites is 1. The van der Waals surface area contributed by atoms with E-state index in [1.54, 1.807) is 29.2 Å². The number of hydrogen-bond donors (Lipinski definition) is 2. The molecular formula is C20H21N3O3. The molecule has 1 aliphatic heterocycles. The number of likely N-dealkylation sites (tertiary alicyclic amines) is 1. The smallest absolute Gasteiger partial charge is 0.250 e. The van der Waals surface area contributed by atoms with Crippen LogP contribution in [0.25, 0.3) is 0 Å². The van der Waals surface area contributed by atoms with Crippen LogP contribution in [0, 0.1) is 5.92 Å². The first-order chi connectivity index (χ1) is 12.5. The Bertz CT molecular complexity index is 820. The SMILES string of the molecule is NC(=O)c1ccccc1NC(=O)C1CC(=O)N(CCc2ccccc2)C1. The molecule has 3 rings (SSSR count). The largest absolute Gasteiger partial charge is 0.366 e. The maximum atomic E-state index is 12.5. The summed E-state index contributed by atoms with van der Waals surface area (Å²) in [4.78, 5) is 37.9. The van der Waals surface area contributed by atoms with Gasteiger partial charge < -0.3 is 16.0 Å². The Morgan fingerprint density at radius 3 is 2.50 bits per heavy atom. The standard InChI is InChI=1S/C20H21N3O3/c21-19(25)16-8-4-5-9-17(16)22-20(26)15-12-18(24)23(13-15)11-10-14-6-2-1-3-7-14/h1-9,15H,10-13H2,(H2,21,25)(H,22,26). The van der Waals surface area contributed by atoms with Crippen molar-refractivity contribution in [3.05, 3.63) is 65.7 Å². The van der Waals surface area contributed by atoms with Crippen molar-refractivity contribution in [1.29, 1.82) is 0 Å². The summed E-state index contributed by atoms with van der Waals surface area (Å²) in [6.07, 6.45) is 0.935. The van der Waals surface area contributed by atoms with Crippen molar-refractivity contribution in [1.82, 2.24) is 4.90 Å². The number of nitrogens with one attached hydrogen (secondary N) is 1. The Morgan fingerprint density at radius 2 is 1.77 bits per heavy atom. The van der Waals surface area contributed by atoms with E-state index in [1.165, 1.54) is 0 Å². The van der Waals surface area contributed by atoms with E-state index in [4.69, 9.17) is 5.73 Å². The molecule has 1 saturated heterocycles. The van der Waals surface area contributed by atoms with Crippen LogP contribution in [0.1, 0.15) is 22.3 Å². The highest BCUT2D eigenvalue weighted by Gasteiger charge is 2.34. The molecule has 0 saturated carbocycles. The molecule has 3 N–H and O–H groups in total. The second-order valence-corrected chi connectivity index (χ2v) is 6.38. The fourth-order valence-electron chi connectivity index (χ4n) is 3.11. The van der Waals surface area contributed by atoms with Crippen molar-refractivity contribution in [2.75, 3.05) is 18.4 Å². The van der Waals surface area contributed by atoms with Gasteiger partial charge in [0.15, 0.2) is 0 Å². The molecule has 3 amide bonds. The third-order valence-electron chi connectivity index (χ3n) is 4.55. The van der Waals surface area contributed by atoms with Crippen LogP contribution in [0.4, 0.5) is 5.69 Å². The van der Waals surface area contributed by atoms with Gasteiger partial charge in [-0.05, 0) is 24.1 Å². The lowest BCUT2D eigenvalue weighted by Gasteiger charge is -2.17. The van der Waals surface area contributed by atoms with Crippen LogP contribution in [0.2, 0.25) is 0 Å². The average molecular weight is 351 g/mol. The second kappa shape index (κ2) is 7.82. The van der Waals surface area contributed by atoms with Gasteiger partial charge in [-0.1, -0.05) is 42.5 Å². The normalized spacial score (nSPS) is 16.5. The van der Waals surface area contributed by atoms with Gasteiger partial charge in [0.05, 0.1) is 17.2 Å². The number of amides is 3. The molecule has 6 nitrogen and oxygen atoms in total. The summed E-state index contributed by atoms with van der Waals surface area (Å²) >= 11 is 0. The molecule has 0 bridgehead atoms. The van der Waals surface area contributed by atoms with E-state index in [0.717, 1.165) is 12.0 Å². The first-order valence-corrected chi connectivity index (χ1v) is 8.56. The van der Waals surface area contributed by atoms with Gasteiger partial charge in [0, 0.05) is 19.5 Å². The van der Waals surface area contributed by atoms with Crippen LogP contribution in [0.3, 0.4) is 0 Å². The lowest BCUT2D eigenvalue weighted by atomic mass is 10.1. The Balaban J connectivity index is 1.60. The molecule has 1 heterocycles. The van der Waals surface area contributed by atoms with Gasteiger partial charge in [0.2, 0.25) is 11.8 Å². The van der Waals surface area contributed by atoms with Crippen molar-refractivity contribution in [2.24, 2.45) is 11.7 Å². The number of carbonyl (C=O) groups excluding carboxylic acids is 3. The number of benzene rings is 2. The molecule has 2 aromatic rings. The minimum atomic E-state index is -0.604. The molecule has 2 aromatic carbocycles. The lowest BCUT2D eigenvalue weighted by Crippen LogP contribution is -2.30. The van der Waals surface area contributed by atoms with E-state index in [9.17, 15) is 14.4 Å². The number of hydrogen-bond acceptors (Lipinski definition) is 3. The molecule has 0 aromatic heterocycles. The Hall–Kier alpha value is -3.15. The Labute approximate surface area is 152 Å². The van der Waals surface area contributed by atoms with E-state index in [1.807, 2.05) is 30.3 Å². The van der Waals surface area contributed by atoms with Crippen LogP contribution in [0.15, 0.2) is 54.6 Å². The Morgan fingerprint density at radius 1 is 1.08 bits per heavy atom. The van der Waals surface area contributed by atoms with Gasteiger partial charge in [0.25, 0.3) is 5.91 Å². The van der Waals surface area contributed by atoms with Crippen LogP contribution in [0.5, 0.6) is 0 Å². The molecule has 1 fully saturated rings. The van der Waals surface area contributed by atoms with E-state index in [-0.39, 0.29) is 23.8 Å². The summed E-state index contributed by atoms with van der Waals surface area (Å²) in [5, 5.41) is 2.73. The summed E-state index contributed by atoms with van der Waals surface area (Å²) < 4.78 is 0. The number of rotatable bonds is 6. The predicted molar refractivity (Wildman–Crippen MR) is 98.4 cm³/mol. The van der Waals surface area contributed by atoms with Gasteiger partial charge >= 0.3 is 0 Å². The maximum Gasteiger partial charge on any atom is 0.250 e. The highest BCUT2D eigenvalue weighted by molar-refractivity contribution is 6.04. The maximum absolute atomic E-state index is 12.5. The third-order valence-corrected chi connectivity index (χ3v) is 4.55. The van der Waals surface area contributed by atoms with E-state index in [0.29, 0.717) is 18.8 Å². The average Bonchev–Trinajstić information content (AvgIpc) is 3.02. The van der Waals surface area contributed by atoms with Gasteiger partial charge in [-0.25, -0.2) is 0 Å². The number of primary amides is 1. The van der Waals surface area contributed by atoms with E-state index in [2.05, 4.69) is 5.32 Å². The highest BCUT2D eigenvalue weighted by Crippen LogP contribution is 2.22. The van der Waals surface area contributed by atoms with E-state index < -0.39 is 11.8 Å². The van der Waals surface area contributed by atoms with Gasteiger partial charge in [-0.15, -0.1) is 0 Å². The van der Waals surface area contributed by atoms with Crippen molar-refractivity contribution >= 4 is 23.4 Å². The quantitative estimate of drug-likeness (QED) is 0.831. The molecule has 0 aliphatic carbocycles. The zero-order valence-electron chi connectivity index (χ0n) is 14.4. The number of nitrogens with two attached hydrogens (primary N) is 1. The van der Waals surface area contributed by atoms with Crippen LogP contribution in [-0.4, -0.2) is 35.7 Å². The first kappa shape index (κ1) is 17.7. The molecular weight excluding hydrogens is 330 g/mol. The second-order valence-electron chi connectivity index (χ2n) is 6.38. The zero-order valence-corrected chi connectivity index (χ0v) is 14.4. The third kappa shape index (κ3) is 4.08. The molecule has 1 unspecified atom stereocenters. The van der Waals surface area contributed by atoms with Crippen molar-refractivity contribution < 1.29 is 14.4 Å². The summed E-state index contributed by atoms with van der Waals surface area (Å²) in [6.45, 7) is 0.973.